The highest BCUT2D eigenvalue weighted by molar-refractivity contribution is 5.90. The van der Waals surface area contributed by atoms with Crippen molar-refractivity contribution in [2.24, 2.45) is 0 Å². The Bertz CT molecular complexity index is 665. The highest BCUT2D eigenvalue weighted by atomic mass is 19.4. The van der Waals surface area contributed by atoms with Gasteiger partial charge in [0.2, 0.25) is 0 Å². The van der Waals surface area contributed by atoms with E-state index >= 15 is 0 Å². The number of amides is 2. The van der Waals surface area contributed by atoms with E-state index in [0.29, 0.717) is 13.1 Å². The van der Waals surface area contributed by atoms with Crippen LogP contribution in [0.5, 0.6) is 5.75 Å². The van der Waals surface area contributed by atoms with Crippen molar-refractivity contribution in [1.82, 2.24) is 15.1 Å². The first kappa shape index (κ1) is 24.2. The van der Waals surface area contributed by atoms with Gasteiger partial charge in [-0.05, 0) is 44.5 Å². The average Bonchev–Trinajstić information content (AvgIpc) is 2.70. The molecule has 1 fully saturated rings. The second-order valence-corrected chi connectivity index (χ2v) is 7.13. The molecule has 1 aromatic carbocycles. The van der Waals surface area contributed by atoms with Crippen molar-refractivity contribution in [3.8, 4) is 5.75 Å². The van der Waals surface area contributed by atoms with Crippen LogP contribution < -0.4 is 15.4 Å². The number of piperazine rings is 1. The first-order chi connectivity index (χ1) is 14.3. The van der Waals surface area contributed by atoms with Gasteiger partial charge < -0.3 is 25.4 Å². The van der Waals surface area contributed by atoms with E-state index in [2.05, 4.69) is 20.4 Å². The predicted molar refractivity (Wildman–Crippen MR) is 109 cm³/mol. The molecule has 170 valence electrons. The van der Waals surface area contributed by atoms with Gasteiger partial charge in [0.15, 0.2) is 0 Å². The number of nitrogens with one attached hydrogen (secondary N) is 2. The number of β-amino-alcohol motifs (C(OH)–C–C–N with tert-alkyl or cyclic N) is 1. The smallest absolute Gasteiger partial charge is 0.418 e. The standard InChI is InChI=1S/C20H31F3N4O3/c1-2-30-16-5-6-18(17(15-16)20(21,22)23)25-19(29)24-7-3-4-8-26-9-11-27(12-10-26)13-14-28/h5-6,15,28H,2-4,7-14H2,1H3,(H2,24,25,29). The fourth-order valence-electron chi connectivity index (χ4n) is 3.33. The number of urea groups is 1. The molecular formula is C20H31F3N4O3. The average molecular weight is 432 g/mol. The van der Waals surface area contributed by atoms with Crippen LogP contribution in [-0.4, -0.2) is 80.0 Å². The van der Waals surface area contributed by atoms with Crippen LogP contribution in [0.3, 0.4) is 0 Å². The summed E-state index contributed by atoms with van der Waals surface area (Å²) in [5, 5.41) is 13.8. The Balaban J connectivity index is 1.71. The third-order valence-corrected chi connectivity index (χ3v) is 4.92. The Morgan fingerprint density at radius 1 is 1.13 bits per heavy atom. The number of carbonyl (C=O) groups is 1. The summed E-state index contributed by atoms with van der Waals surface area (Å²) in [5.74, 6) is 0.105. The molecule has 0 spiro atoms. The maximum atomic E-state index is 13.3. The zero-order valence-electron chi connectivity index (χ0n) is 17.3. The van der Waals surface area contributed by atoms with Crippen LogP contribution in [0.2, 0.25) is 0 Å². The molecule has 2 rings (SSSR count). The fourth-order valence-corrected chi connectivity index (χ4v) is 3.33. The molecule has 30 heavy (non-hydrogen) atoms. The molecule has 0 aromatic heterocycles. The summed E-state index contributed by atoms with van der Waals surface area (Å²) in [4.78, 5) is 16.6. The maximum Gasteiger partial charge on any atom is 0.418 e. The van der Waals surface area contributed by atoms with Crippen LogP contribution >= 0.6 is 0 Å². The number of halogens is 3. The molecular weight excluding hydrogens is 401 g/mol. The number of benzene rings is 1. The number of rotatable bonds is 10. The molecule has 0 atom stereocenters. The largest absolute Gasteiger partial charge is 0.494 e. The van der Waals surface area contributed by atoms with Crippen LogP contribution in [0.15, 0.2) is 18.2 Å². The van der Waals surface area contributed by atoms with E-state index in [1.54, 1.807) is 6.92 Å². The van der Waals surface area contributed by atoms with E-state index in [1.807, 2.05) is 0 Å². The lowest BCUT2D eigenvalue weighted by Gasteiger charge is -2.34. The molecule has 0 aliphatic carbocycles. The molecule has 0 saturated carbocycles. The van der Waals surface area contributed by atoms with Crippen molar-refractivity contribution in [3.63, 3.8) is 0 Å². The number of aliphatic hydroxyl groups is 1. The number of nitrogens with zero attached hydrogens (tertiary/aromatic N) is 2. The zero-order chi connectivity index (χ0) is 22.0. The van der Waals surface area contributed by atoms with Gasteiger partial charge in [-0.15, -0.1) is 0 Å². The summed E-state index contributed by atoms with van der Waals surface area (Å²) < 4.78 is 44.9. The number of unbranched alkanes of at least 4 members (excludes halogenated alkanes) is 1. The van der Waals surface area contributed by atoms with Crippen molar-refractivity contribution >= 4 is 11.7 Å². The Hall–Kier alpha value is -2.04. The van der Waals surface area contributed by atoms with Crippen LogP contribution in [0, 0.1) is 0 Å². The predicted octanol–water partition coefficient (Wildman–Crippen LogP) is 2.62. The van der Waals surface area contributed by atoms with Crippen LogP contribution in [0.4, 0.5) is 23.7 Å². The van der Waals surface area contributed by atoms with E-state index < -0.39 is 17.8 Å². The van der Waals surface area contributed by atoms with E-state index in [0.717, 1.165) is 51.6 Å². The van der Waals surface area contributed by atoms with Gasteiger partial charge in [0, 0.05) is 39.3 Å². The Kier molecular flexibility index (Phi) is 9.67. The van der Waals surface area contributed by atoms with Crippen molar-refractivity contribution in [2.45, 2.75) is 25.9 Å². The van der Waals surface area contributed by atoms with E-state index in [-0.39, 0.29) is 24.7 Å². The van der Waals surface area contributed by atoms with E-state index in [1.165, 1.54) is 12.1 Å². The Morgan fingerprint density at radius 2 is 1.80 bits per heavy atom. The summed E-state index contributed by atoms with van der Waals surface area (Å²) >= 11 is 0. The number of hydrogen-bond acceptors (Lipinski definition) is 5. The van der Waals surface area contributed by atoms with Gasteiger partial charge >= 0.3 is 12.2 Å². The number of ether oxygens (including phenoxy) is 1. The van der Waals surface area contributed by atoms with Crippen molar-refractivity contribution in [3.05, 3.63) is 23.8 Å². The topological polar surface area (TPSA) is 77.1 Å². The second kappa shape index (κ2) is 12.0. The molecule has 1 heterocycles. The summed E-state index contributed by atoms with van der Waals surface area (Å²) in [7, 11) is 0. The number of carbonyl (C=O) groups excluding carboxylic acids is 1. The van der Waals surface area contributed by atoms with E-state index in [4.69, 9.17) is 9.84 Å². The molecule has 1 aliphatic rings. The summed E-state index contributed by atoms with van der Waals surface area (Å²) in [6.45, 7) is 7.88. The minimum atomic E-state index is -4.60. The highest BCUT2D eigenvalue weighted by Gasteiger charge is 2.34. The molecule has 2 amide bonds. The van der Waals surface area contributed by atoms with Gasteiger partial charge in [0.1, 0.15) is 5.75 Å². The molecule has 0 radical (unpaired) electrons. The van der Waals surface area contributed by atoms with Gasteiger partial charge in [-0.2, -0.15) is 13.2 Å². The minimum Gasteiger partial charge on any atom is -0.494 e. The molecule has 1 aromatic rings. The molecule has 3 N–H and O–H groups in total. The molecule has 0 unspecified atom stereocenters. The Labute approximate surface area is 175 Å². The van der Waals surface area contributed by atoms with Crippen LogP contribution in [0.1, 0.15) is 25.3 Å². The quantitative estimate of drug-likeness (QED) is 0.496. The summed E-state index contributed by atoms with van der Waals surface area (Å²) in [6, 6.07) is 2.82. The molecule has 1 saturated heterocycles. The SMILES string of the molecule is CCOc1ccc(NC(=O)NCCCCN2CCN(CCO)CC2)c(C(F)(F)F)c1. The molecule has 0 bridgehead atoms. The van der Waals surface area contributed by atoms with Crippen molar-refractivity contribution in [1.29, 1.82) is 0 Å². The first-order valence-electron chi connectivity index (χ1n) is 10.3. The maximum absolute atomic E-state index is 13.3. The third kappa shape index (κ3) is 8.00. The van der Waals surface area contributed by atoms with Gasteiger partial charge in [-0.3, -0.25) is 4.90 Å². The molecule has 7 nitrogen and oxygen atoms in total. The third-order valence-electron chi connectivity index (χ3n) is 4.92. The normalized spacial score (nSPS) is 15.8. The number of alkyl halides is 3. The van der Waals surface area contributed by atoms with Crippen LogP contribution in [-0.2, 0) is 6.18 Å². The summed E-state index contributed by atoms with van der Waals surface area (Å²) in [5.41, 5.74) is -1.24. The van der Waals surface area contributed by atoms with Crippen LogP contribution in [0.25, 0.3) is 0 Å². The van der Waals surface area contributed by atoms with Gasteiger partial charge in [-0.1, -0.05) is 0 Å². The van der Waals surface area contributed by atoms with Gasteiger partial charge in [0.05, 0.1) is 24.5 Å². The zero-order valence-corrected chi connectivity index (χ0v) is 17.3. The number of aliphatic hydroxyl groups excluding tert-OH is 1. The van der Waals surface area contributed by atoms with E-state index in [9.17, 15) is 18.0 Å². The fraction of sp³-hybridized carbons (Fsp3) is 0.650. The lowest BCUT2D eigenvalue weighted by Crippen LogP contribution is -2.47. The highest BCUT2D eigenvalue weighted by Crippen LogP contribution is 2.37. The Morgan fingerprint density at radius 3 is 2.40 bits per heavy atom. The summed E-state index contributed by atoms with van der Waals surface area (Å²) in [6.07, 6.45) is -2.98. The lowest BCUT2D eigenvalue weighted by molar-refractivity contribution is -0.137. The second-order valence-electron chi connectivity index (χ2n) is 7.13. The minimum absolute atomic E-state index is 0.105. The number of anilines is 1. The van der Waals surface area contributed by atoms with Gasteiger partial charge in [-0.25, -0.2) is 4.79 Å². The first-order valence-corrected chi connectivity index (χ1v) is 10.3. The lowest BCUT2D eigenvalue weighted by atomic mass is 10.1. The molecule has 10 heteroatoms. The molecule has 1 aliphatic heterocycles. The van der Waals surface area contributed by atoms with Gasteiger partial charge in [0.25, 0.3) is 0 Å². The van der Waals surface area contributed by atoms with Crippen molar-refractivity contribution in [2.75, 3.05) is 64.3 Å². The number of hydrogen-bond donors (Lipinski definition) is 3. The monoisotopic (exact) mass is 432 g/mol. The van der Waals surface area contributed by atoms with Crippen molar-refractivity contribution < 1.29 is 27.8 Å².